The van der Waals surface area contributed by atoms with Gasteiger partial charge in [0.2, 0.25) is 5.90 Å². The van der Waals surface area contributed by atoms with Crippen LogP contribution in [-0.4, -0.2) is 19.0 Å². The third kappa shape index (κ3) is 5.39. The van der Waals surface area contributed by atoms with Crippen molar-refractivity contribution in [3.63, 3.8) is 0 Å². The monoisotopic (exact) mass is 573 g/mol. The second-order valence-corrected chi connectivity index (χ2v) is 9.18. The molecule has 5 nitrogen and oxygen atoms in total. The van der Waals surface area contributed by atoms with Crippen LogP contribution in [0.25, 0.3) is 6.08 Å². The molecule has 0 saturated carbocycles. The molecule has 0 aromatic heterocycles. The summed E-state index contributed by atoms with van der Waals surface area (Å²) < 4.78 is 17.9. The number of carbonyl (C=O) groups excluding carboxylic acids is 1. The van der Waals surface area contributed by atoms with Crippen LogP contribution in [0.2, 0.25) is 5.02 Å². The lowest BCUT2D eigenvalue weighted by atomic mass is 10.1. The molecule has 1 aliphatic heterocycles. The van der Waals surface area contributed by atoms with Gasteiger partial charge in [0.05, 0.1) is 12.1 Å². The number of esters is 1. The molecule has 0 atom stereocenters. The Labute approximate surface area is 211 Å². The molecule has 7 heteroatoms. The van der Waals surface area contributed by atoms with Gasteiger partial charge in [-0.15, -0.1) is 0 Å². The van der Waals surface area contributed by atoms with Crippen LogP contribution in [0.1, 0.15) is 27.8 Å². The molecule has 4 rings (SSSR count). The Balaban J connectivity index is 1.59. The van der Waals surface area contributed by atoms with Gasteiger partial charge in [0.1, 0.15) is 6.61 Å². The zero-order valence-electron chi connectivity index (χ0n) is 18.3. The number of cyclic esters (lactones) is 1. The SMILES string of the molecule is COc1cc(/C=C2\N=C(c3ccc(I)c(C)c3)OC2=O)cc(Cl)c1OCc1ccc(C)cc1. The van der Waals surface area contributed by atoms with E-state index in [1.807, 2.05) is 56.3 Å². The van der Waals surface area contributed by atoms with Crippen LogP contribution in [0, 0.1) is 17.4 Å². The topological polar surface area (TPSA) is 57.1 Å². The minimum absolute atomic E-state index is 0.188. The smallest absolute Gasteiger partial charge is 0.363 e. The van der Waals surface area contributed by atoms with Crippen LogP contribution in [-0.2, 0) is 16.1 Å². The third-order valence-electron chi connectivity index (χ3n) is 5.08. The van der Waals surface area contributed by atoms with Crippen LogP contribution in [0.5, 0.6) is 11.5 Å². The van der Waals surface area contributed by atoms with Gasteiger partial charge in [0.25, 0.3) is 0 Å². The molecule has 33 heavy (non-hydrogen) atoms. The molecular weight excluding hydrogens is 553 g/mol. The second kappa shape index (κ2) is 9.97. The van der Waals surface area contributed by atoms with Crippen LogP contribution in [0.4, 0.5) is 0 Å². The Kier molecular flexibility index (Phi) is 7.05. The highest BCUT2D eigenvalue weighted by molar-refractivity contribution is 14.1. The molecule has 3 aromatic carbocycles. The van der Waals surface area contributed by atoms with Gasteiger partial charge in [-0.05, 0) is 89.5 Å². The molecule has 0 amide bonds. The summed E-state index contributed by atoms with van der Waals surface area (Å²) in [5.41, 5.74) is 4.87. The van der Waals surface area contributed by atoms with E-state index in [1.54, 1.807) is 25.3 Å². The van der Waals surface area contributed by atoms with Crippen molar-refractivity contribution < 1.29 is 19.0 Å². The van der Waals surface area contributed by atoms with E-state index in [-0.39, 0.29) is 11.6 Å². The lowest BCUT2D eigenvalue weighted by Gasteiger charge is -2.13. The number of carbonyl (C=O) groups is 1. The molecule has 0 unspecified atom stereocenters. The molecule has 0 fully saturated rings. The Morgan fingerprint density at radius 2 is 1.85 bits per heavy atom. The van der Waals surface area contributed by atoms with Crippen molar-refractivity contribution >= 4 is 52.1 Å². The first-order valence-corrected chi connectivity index (χ1v) is 11.6. The summed E-state index contributed by atoms with van der Waals surface area (Å²) in [5.74, 6) is 0.664. The third-order valence-corrected chi connectivity index (χ3v) is 6.58. The minimum atomic E-state index is -0.518. The highest BCUT2D eigenvalue weighted by atomic mass is 127. The number of halogens is 2. The number of aliphatic imine (C=N–C) groups is 1. The van der Waals surface area contributed by atoms with E-state index in [0.29, 0.717) is 28.7 Å². The zero-order chi connectivity index (χ0) is 23.5. The first-order chi connectivity index (χ1) is 15.8. The van der Waals surface area contributed by atoms with Crippen molar-refractivity contribution in [3.8, 4) is 11.5 Å². The fourth-order valence-corrected chi connectivity index (χ4v) is 3.88. The summed E-state index contributed by atoms with van der Waals surface area (Å²) in [5, 5.41) is 0.372. The standard InChI is InChI=1S/C26H21ClINO4/c1-15-4-6-17(7-5-15)14-32-24-20(27)11-18(13-23(24)31-3)12-22-26(30)33-25(29-22)19-8-9-21(28)16(2)10-19/h4-13H,14H2,1-3H3/b22-12-. The molecule has 3 aromatic rings. The Hall–Kier alpha value is -2.84. The number of methoxy groups -OCH3 is 1. The highest BCUT2D eigenvalue weighted by Crippen LogP contribution is 2.38. The predicted molar refractivity (Wildman–Crippen MR) is 138 cm³/mol. The number of nitrogens with zero attached hydrogens (tertiary/aromatic N) is 1. The fourth-order valence-electron chi connectivity index (χ4n) is 3.27. The Morgan fingerprint density at radius 1 is 1.09 bits per heavy atom. The number of hydrogen-bond acceptors (Lipinski definition) is 5. The molecule has 0 radical (unpaired) electrons. The van der Waals surface area contributed by atoms with E-state index in [4.69, 9.17) is 25.8 Å². The number of ether oxygens (including phenoxy) is 3. The van der Waals surface area contributed by atoms with Crippen molar-refractivity contribution in [3.05, 3.63) is 96.7 Å². The zero-order valence-corrected chi connectivity index (χ0v) is 21.2. The lowest BCUT2D eigenvalue weighted by Crippen LogP contribution is -2.05. The number of rotatable bonds is 6. The summed E-state index contributed by atoms with van der Waals surface area (Å²) in [6.07, 6.45) is 1.62. The molecule has 0 bridgehead atoms. The van der Waals surface area contributed by atoms with Crippen molar-refractivity contribution in [1.82, 2.24) is 0 Å². The van der Waals surface area contributed by atoms with Crippen molar-refractivity contribution in [2.75, 3.05) is 7.11 Å². The maximum absolute atomic E-state index is 12.4. The first-order valence-electron chi connectivity index (χ1n) is 10.2. The largest absolute Gasteiger partial charge is 0.493 e. The first kappa shape index (κ1) is 23.3. The maximum atomic E-state index is 12.4. The molecule has 0 N–H and O–H groups in total. The summed E-state index contributed by atoms with van der Waals surface area (Å²) in [7, 11) is 1.54. The van der Waals surface area contributed by atoms with Crippen LogP contribution < -0.4 is 9.47 Å². The number of benzene rings is 3. The second-order valence-electron chi connectivity index (χ2n) is 7.61. The number of hydrogen-bond donors (Lipinski definition) is 0. The molecule has 0 saturated heterocycles. The summed E-state index contributed by atoms with van der Waals surface area (Å²) in [6.45, 7) is 4.38. The van der Waals surface area contributed by atoms with E-state index in [2.05, 4.69) is 27.6 Å². The van der Waals surface area contributed by atoms with Crippen LogP contribution >= 0.6 is 34.2 Å². The number of aryl methyl sites for hydroxylation is 2. The fraction of sp³-hybridized carbons (Fsp3) is 0.154. The van der Waals surface area contributed by atoms with E-state index in [1.165, 1.54) is 5.56 Å². The van der Waals surface area contributed by atoms with E-state index in [9.17, 15) is 4.79 Å². The van der Waals surface area contributed by atoms with Gasteiger partial charge in [-0.3, -0.25) is 0 Å². The van der Waals surface area contributed by atoms with Crippen LogP contribution in [0.15, 0.2) is 65.3 Å². The van der Waals surface area contributed by atoms with Gasteiger partial charge in [0, 0.05) is 9.13 Å². The molecule has 1 heterocycles. The Bertz CT molecular complexity index is 1280. The molecule has 0 spiro atoms. The molecule has 0 aliphatic carbocycles. The average Bonchev–Trinajstić information content (AvgIpc) is 3.15. The van der Waals surface area contributed by atoms with Crippen molar-refractivity contribution in [2.24, 2.45) is 4.99 Å². The van der Waals surface area contributed by atoms with E-state index < -0.39 is 5.97 Å². The van der Waals surface area contributed by atoms with Gasteiger partial charge in [0.15, 0.2) is 17.2 Å². The predicted octanol–water partition coefficient (Wildman–Crippen LogP) is 6.49. The normalized spacial score (nSPS) is 14.3. The molecule has 1 aliphatic rings. The summed E-state index contributed by atoms with van der Waals surface area (Å²) in [4.78, 5) is 16.8. The summed E-state index contributed by atoms with van der Waals surface area (Å²) in [6, 6.07) is 17.3. The average molecular weight is 574 g/mol. The highest BCUT2D eigenvalue weighted by Gasteiger charge is 2.25. The minimum Gasteiger partial charge on any atom is -0.493 e. The quantitative estimate of drug-likeness (QED) is 0.192. The van der Waals surface area contributed by atoms with Gasteiger partial charge in [-0.25, -0.2) is 9.79 Å². The maximum Gasteiger partial charge on any atom is 0.363 e. The van der Waals surface area contributed by atoms with Crippen LogP contribution in [0.3, 0.4) is 0 Å². The van der Waals surface area contributed by atoms with E-state index >= 15 is 0 Å². The molecular formula is C26H21ClINO4. The van der Waals surface area contributed by atoms with Gasteiger partial charge in [-0.2, -0.15) is 0 Å². The lowest BCUT2D eigenvalue weighted by molar-refractivity contribution is -0.129. The Morgan fingerprint density at radius 3 is 2.55 bits per heavy atom. The van der Waals surface area contributed by atoms with E-state index in [0.717, 1.165) is 20.3 Å². The summed E-state index contributed by atoms with van der Waals surface area (Å²) >= 11 is 8.75. The van der Waals surface area contributed by atoms with Crippen molar-refractivity contribution in [2.45, 2.75) is 20.5 Å². The van der Waals surface area contributed by atoms with Gasteiger partial charge < -0.3 is 14.2 Å². The van der Waals surface area contributed by atoms with Crippen molar-refractivity contribution in [1.29, 1.82) is 0 Å². The van der Waals surface area contributed by atoms with Gasteiger partial charge in [-0.1, -0.05) is 41.4 Å². The van der Waals surface area contributed by atoms with Gasteiger partial charge >= 0.3 is 5.97 Å². The molecule has 168 valence electrons.